The van der Waals surface area contributed by atoms with E-state index in [1.165, 1.54) is 0 Å². The van der Waals surface area contributed by atoms with E-state index in [9.17, 15) is 0 Å². The Labute approximate surface area is 129 Å². The maximum absolute atomic E-state index is 6.19. The van der Waals surface area contributed by atoms with E-state index in [4.69, 9.17) is 14.2 Å². The van der Waals surface area contributed by atoms with Crippen molar-refractivity contribution in [1.29, 1.82) is 0 Å². The molecule has 1 N–H and O–H groups in total. The van der Waals surface area contributed by atoms with E-state index in [1.807, 2.05) is 7.11 Å². The molecule has 124 valence electrons. The molecule has 0 aliphatic carbocycles. The van der Waals surface area contributed by atoms with Crippen LogP contribution in [0.2, 0.25) is 0 Å². The first kappa shape index (κ1) is 17.2. The molecule has 2 aliphatic heterocycles. The Morgan fingerprint density at radius 3 is 2.52 bits per heavy atom. The van der Waals surface area contributed by atoms with Gasteiger partial charge in [-0.1, -0.05) is 20.8 Å². The number of nitrogens with one attached hydrogen (secondary N) is 1. The van der Waals surface area contributed by atoms with Gasteiger partial charge < -0.3 is 19.5 Å². The van der Waals surface area contributed by atoms with Crippen LogP contribution in [0.1, 0.15) is 46.5 Å². The first-order valence-corrected chi connectivity index (χ1v) is 8.60. The molecular formula is C17H33NO3. The first-order chi connectivity index (χ1) is 10.1. The molecule has 0 saturated carbocycles. The van der Waals surface area contributed by atoms with Crippen molar-refractivity contribution in [2.45, 2.75) is 64.2 Å². The third-order valence-corrected chi connectivity index (χ3v) is 5.17. The molecule has 0 amide bonds. The monoisotopic (exact) mass is 299 g/mol. The van der Waals surface area contributed by atoms with Gasteiger partial charge in [0.25, 0.3) is 0 Å². The summed E-state index contributed by atoms with van der Waals surface area (Å²) < 4.78 is 17.5. The largest absolute Gasteiger partial charge is 0.381 e. The van der Waals surface area contributed by atoms with Gasteiger partial charge in [0.05, 0.1) is 11.7 Å². The van der Waals surface area contributed by atoms with Gasteiger partial charge in [-0.05, 0) is 44.1 Å². The number of methoxy groups -OCH3 is 1. The Morgan fingerprint density at radius 1 is 1.24 bits per heavy atom. The predicted molar refractivity (Wildman–Crippen MR) is 84.6 cm³/mol. The van der Waals surface area contributed by atoms with Crippen LogP contribution in [-0.4, -0.2) is 51.2 Å². The Bertz CT molecular complexity index is 297. The molecule has 2 saturated heterocycles. The van der Waals surface area contributed by atoms with Gasteiger partial charge in [-0.3, -0.25) is 0 Å². The van der Waals surface area contributed by atoms with Gasteiger partial charge in [0.15, 0.2) is 0 Å². The fourth-order valence-corrected chi connectivity index (χ4v) is 4.08. The van der Waals surface area contributed by atoms with E-state index in [0.29, 0.717) is 17.9 Å². The van der Waals surface area contributed by atoms with Gasteiger partial charge in [0.2, 0.25) is 0 Å². The van der Waals surface area contributed by atoms with Crippen molar-refractivity contribution in [1.82, 2.24) is 5.32 Å². The smallest absolute Gasteiger partial charge is 0.0749 e. The van der Waals surface area contributed by atoms with Crippen molar-refractivity contribution in [3.05, 3.63) is 0 Å². The molecule has 0 aromatic rings. The zero-order valence-electron chi connectivity index (χ0n) is 14.2. The summed E-state index contributed by atoms with van der Waals surface area (Å²) >= 11 is 0. The molecule has 4 heteroatoms. The summed E-state index contributed by atoms with van der Waals surface area (Å²) in [5.74, 6) is 1.15. The highest BCUT2D eigenvalue weighted by atomic mass is 16.5. The summed E-state index contributed by atoms with van der Waals surface area (Å²) in [6.45, 7) is 10.2. The summed E-state index contributed by atoms with van der Waals surface area (Å²) in [4.78, 5) is 0. The van der Waals surface area contributed by atoms with Crippen molar-refractivity contribution in [2.24, 2.45) is 11.8 Å². The Morgan fingerprint density at radius 2 is 1.95 bits per heavy atom. The molecule has 21 heavy (non-hydrogen) atoms. The zero-order chi connectivity index (χ0) is 15.3. The third kappa shape index (κ3) is 4.19. The van der Waals surface area contributed by atoms with E-state index in [-0.39, 0.29) is 11.7 Å². The molecule has 2 fully saturated rings. The van der Waals surface area contributed by atoms with Crippen LogP contribution in [0.15, 0.2) is 0 Å². The fourth-order valence-electron chi connectivity index (χ4n) is 4.08. The second kappa shape index (κ2) is 7.91. The highest BCUT2D eigenvalue weighted by molar-refractivity contribution is 4.95. The van der Waals surface area contributed by atoms with Gasteiger partial charge in [-0.2, -0.15) is 0 Å². The second-order valence-corrected chi connectivity index (χ2v) is 6.92. The predicted octanol–water partition coefficient (Wildman–Crippen LogP) is 2.61. The maximum atomic E-state index is 6.19. The molecule has 3 atom stereocenters. The minimum atomic E-state index is 0.0596. The van der Waals surface area contributed by atoms with Crippen LogP contribution in [0, 0.1) is 11.8 Å². The van der Waals surface area contributed by atoms with Gasteiger partial charge in [0, 0.05) is 33.0 Å². The molecule has 2 rings (SSSR count). The molecule has 0 aromatic heterocycles. The van der Waals surface area contributed by atoms with Crippen molar-refractivity contribution < 1.29 is 14.2 Å². The Kier molecular flexibility index (Phi) is 6.48. The Hall–Kier alpha value is -0.160. The summed E-state index contributed by atoms with van der Waals surface area (Å²) in [7, 11) is 1.85. The van der Waals surface area contributed by atoms with Crippen LogP contribution < -0.4 is 5.32 Å². The SMILES string of the molecule is CCNC(C1CCOC2(CCOCC2)C1)C(OC)C(C)C. The number of hydrogen-bond donors (Lipinski definition) is 1. The molecule has 4 nitrogen and oxygen atoms in total. The molecule has 2 heterocycles. The summed E-state index contributed by atoms with van der Waals surface area (Å²) in [5.41, 5.74) is 0.0596. The molecule has 0 bridgehead atoms. The van der Waals surface area contributed by atoms with Gasteiger partial charge in [0.1, 0.15) is 0 Å². The summed E-state index contributed by atoms with van der Waals surface area (Å²) in [6, 6.07) is 0.420. The molecule has 1 spiro atoms. The number of likely N-dealkylation sites (N-methyl/N-ethyl adjacent to an activating group) is 1. The lowest BCUT2D eigenvalue weighted by atomic mass is 9.75. The molecule has 0 radical (unpaired) electrons. The van der Waals surface area contributed by atoms with Crippen molar-refractivity contribution in [3.8, 4) is 0 Å². The molecule has 0 aromatic carbocycles. The lowest BCUT2D eigenvalue weighted by Crippen LogP contribution is -2.54. The lowest BCUT2D eigenvalue weighted by molar-refractivity contribution is -0.155. The molecule has 2 aliphatic rings. The summed E-state index contributed by atoms with van der Waals surface area (Å²) in [5, 5.41) is 3.69. The number of rotatable bonds is 6. The van der Waals surface area contributed by atoms with Crippen molar-refractivity contribution in [2.75, 3.05) is 33.5 Å². The lowest BCUT2D eigenvalue weighted by Gasteiger charge is -2.47. The normalized spacial score (nSPS) is 28.7. The minimum absolute atomic E-state index is 0.0596. The highest BCUT2D eigenvalue weighted by Gasteiger charge is 2.43. The van der Waals surface area contributed by atoms with E-state index >= 15 is 0 Å². The summed E-state index contributed by atoms with van der Waals surface area (Å²) in [6.07, 6.45) is 4.63. The van der Waals surface area contributed by atoms with Crippen LogP contribution in [0.4, 0.5) is 0 Å². The average Bonchev–Trinajstić information content (AvgIpc) is 2.47. The van der Waals surface area contributed by atoms with Crippen molar-refractivity contribution in [3.63, 3.8) is 0 Å². The van der Waals surface area contributed by atoms with Crippen LogP contribution in [0.25, 0.3) is 0 Å². The van der Waals surface area contributed by atoms with Crippen LogP contribution in [0.3, 0.4) is 0 Å². The topological polar surface area (TPSA) is 39.7 Å². The Balaban J connectivity index is 2.08. The average molecular weight is 299 g/mol. The maximum Gasteiger partial charge on any atom is 0.0749 e. The van der Waals surface area contributed by atoms with Crippen LogP contribution in [0.5, 0.6) is 0 Å². The van der Waals surface area contributed by atoms with E-state index in [2.05, 4.69) is 26.1 Å². The highest BCUT2D eigenvalue weighted by Crippen LogP contribution is 2.39. The van der Waals surface area contributed by atoms with E-state index in [0.717, 1.165) is 52.0 Å². The number of hydrogen-bond acceptors (Lipinski definition) is 4. The molecular weight excluding hydrogens is 266 g/mol. The number of ether oxygens (including phenoxy) is 3. The van der Waals surface area contributed by atoms with Crippen molar-refractivity contribution >= 4 is 0 Å². The van der Waals surface area contributed by atoms with E-state index in [1.54, 1.807) is 0 Å². The van der Waals surface area contributed by atoms with Gasteiger partial charge in [-0.15, -0.1) is 0 Å². The molecule has 3 unspecified atom stereocenters. The zero-order valence-corrected chi connectivity index (χ0v) is 14.2. The standard InChI is InChI=1S/C17H33NO3/c1-5-18-15(16(19-4)13(2)3)14-6-9-21-17(12-14)7-10-20-11-8-17/h13-16,18H,5-12H2,1-4H3. The van der Waals surface area contributed by atoms with Gasteiger partial charge in [-0.25, -0.2) is 0 Å². The van der Waals surface area contributed by atoms with E-state index < -0.39 is 0 Å². The van der Waals surface area contributed by atoms with Gasteiger partial charge >= 0.3 is 0 Å². The first-order valence-electron chi connectivity index (χ1n) is 8.60. The van der Waals surface area contributed by atoms with Crippen LogP contribution >= 0.6 is 0 Å². The quantitative estimate of drug-likeness (QED) is 0.818. The fraction of sp³-hybridized carbons (Fsp3) is 1.00. The third-order valence-electron chi connectivity index (χ3n) is 5.17. The van der Waals surface area contributed by atoms with Crippen LogP contribution in [-0.2, 0) is 14.2 Å². The second-order valence-electron chi connectivity index (χ2n) is 6.92. The minimum Gasteiger partial charge on any atom is -0.381 e.